The van der Waals surface area contributed by atoms with Crippen molar-refractivity contribution in [2.75, 3.05) is 0 Å². The van der Waals surface area contributed by atoms with Gasteiger partial charge >= 0.3 is 55.7 Å². The monoisotopic (exact) mass is 458 g/mol. The zero-order valence-corrected chi connectivity index (χ0v) is 18.9. The van der Waals surface area contributed by atoms with Crippen molar-refractivity contribution in [3.63, 3.8) is 0 Å². The van der Waals surface area contributed by atoms with Gasteiger partial charge in [0.2, 0.25) is 0 Å². The molecule has 2 amide bonds. The van der Waals surface area contributed by atoms with E-state index in [0.29, 0.717) is 0 Å². The molecule has 0 spiro atoms. The van der Waals surface area contributed by atoms with E-state index in [1.54, 1.807) is 12.1 Å². The van der Waals surface area contributed by atoms with Crippen LogP contribution in [0, 0.1) is 0 Å². The Kier molecular flexibility index (Phi) is 15.2. The van der Waals surface area contributed by atoms with Crippen LogP contribution < -0.4 is 31.2 Å². The summed E-state index contributed by atoms with van der Waals surface area (Å²) in [5, 5.41) is 21.0. The number of hydrogen-bond donors (Lipinski definition) is 2. The number of primary amides is 2. The number of carboxylic acid groups (broad SMARTS) is 2. The fourth-order valence-electron chi connectivity index (χ4n) is 1.76. The van der Waals surface area contributed by atoms with Crippen LogP contribution in [0.2, 0.25) is 0 Å². The number of carbonyl (C=O) groups excluding carboxylic acids is 5. The fourth-order valence-corrected chi connectivity index (χ4v) is 1.76. The van der Waals surface area contributed by atoms with Crippen molar-refractivity contribution in [2.45, 2.75) is 13.8 Å². The molecule has 11 nitrogen and oxygen atoms in total. The van der Waals surface area contributed by atoms with Crippen LogP contribution in [0.15, 0.2) is 48.5 Å². The molecular weight excluding hydrogens is 440 g/mol. The van der Waals surface area contributed by atoms with Gasteiger partial charge in [0.05, 0.1) is 11.9 Å². The Morgan fingerprint density at radius 1 is 0.677 bits per heavy atom. The molecule has 0 aliphatic carbocycles. The van der Waals surface area contributed by atoms with E-state index >= 15 is 0 Å². The van der Waals surface area contributed by atoms with Crippen molar-refractivity contribution in [1.82, 2.24) is 0 Å². The van der Waals surface area contributed by atoms with Gasteiger partial charge in [0.15, 0.2) is 0 Å². The summed E-state index contributed by atoms with van der Waals surface area (Å²) in [7, 11) is 0. The normalized spacial score (nSPS) is 8.58. The topological polar surface area (TPSA) is 202 Å². The smallest absolute Gasteiger partial charge is 0.545 e. The minimum atomic E-state index is -1.36. The molecule has 2 aromatic carbocycles. The zero-order valence-electron chi connectivity index (χ0n) is 16.7. The molecule has 0 radical (unpaired) electrons. The van der Waals surface area contributed by atoms with E-state index in [1.807, 2.05) is 0 Å². The molecule has 0 heterocycles. The molecular formula is C19H18CaN2O9. The maximum atomic E-state index is 10.6. The maximum absolute atomic E-state index is 10.6. The Bertz CT molecular complexity index is 859. The van der Waals surface area contributed by atoms with Gasteiger partial charge < -0.3 is 40.7 Å². The first-order valence-electron chi connectivity index (χ1n) is 7.98. The predicted octanol–water partition coefficient (Wildman–Crippen LogP) is -1.41. The number of para-hydroxylation sites is 2. The minimum Gasteiger partial charge on any atom is -0.545 e. The predicted molar refractivity (Wildman–Crippen MR) is 104 cm³/mol. The number of carboxylic acids is 2. The van der Waals surface area contributed by atoms with Crippen molar-refractivity contribution in [3.8, 4) is 11.5 Å². The third-order valence-corrected chi connectivity index (χ3v) is 2.72. The van der Waals surface area contributed by atoms with Gasteiger partial charge in [-0.2, -0.15) is 0 Å². The van der Waals surface area contributed by atoms with Crippen LogP contribution in [0.1, 0.15) is 34.6 Å². The molecule has 0 saturated carbocycles. The molecule has 0 aliphatic rings. The first-order chi connectivity index (χ1) is 14.0. The molecule has 2 aromatic rings. The number of amides is 2. The number of rotatable bonds is 4. The van der Waals surface area contributed by atoms with Gasteiger partial charge in [-0.15, -0.1) is 0 Å². The molecule has 0 atom stereocenters. The van der Waals surface area contributed by atoms with E-state index in [2.05, 4.69) is 20.9 Å². The maximum Gasteiger partial charge on any atom is 2.00 e. The molecule has 2 rings (SSSR count). The number of esters is 2. The SMILES string of the molecule is CC(=O)Oc1ccccc1C(=O)[O-].CC(=O)Oc1ccccc1C(=O)[O-].NC(N)=O.[Ca+2]. The van der Waals surface area contributed by atoms with E-state index in [0.717, 1.165) is 0 Å². The summed E-state index contributed by atoms with van der Waals surface area (Å²) >= 11 is 0. The summed E-state index contributed by atoms with van der Waals surface area (Å²) in [6, 6.07) is 10.8. The van der Waals surface area contributed by atoms with Crippen LogP contribution in [0.25, 0.3) is 0 Å². The number of nitrogens with two attached hydrogens (primary N) is 2. The Labute approximate surface area is 206 Å². The van der Waals surface area contributed by atoms with Crippen LogP contribution in [0.5, 0.6) is 11.5 Å². The molecule has 0 saturated heterocycles. The Balaban J connectivity index is 0. The molecule has 0 aliphatic heterocycles. The Morgan fingerprint density at radius 3 is 1.16 bits per heavy atom. The zero-order chi connectivity index (χ0) is 23.3. The number of carbonyl (C=O) groups is 5. The van der Waals surface area contributed by atoms with Crippen molar-refractivity contribution < 1.29 is 43.7 Å². The van der Waals surface area contributed by atoms with Crippen LogP contribution >= 0.6 is 0 Å². The third kappa shape index (κ3) is 13.7. The molecule has 12 heteroatoms. The average Bonchev–Trinajstić information content (AvgIpc) is 2.61. The quantitative estimate of drug-likeness (QED) is 0.313. The van der Waals surface area contributed by atoms with Gasteiger partial charge in [0, 0.05) is 25.0 Å². The second-order valence-electron chi connectivity index (χ2n) is 5.16. The van der Waals surface area contributed by atoms with Crippen molar-refractivity contribution in [1.29, 1.82) is 0 Å². The van der Waals surface area contributed by atoms with Crippen molar-refractivity contribution in [3.05, 3.63) is 59.7 Å². The first-order valence-corrected chi connectivity index (χ1v) is 7.98. The largest absolute Gasteiger partial charge is 2.00 e. The van der Waals surface area contributed by atoms with Crippen LogP contribution in [-0.4, -0.2) is 67.6 Å². The molecule has 4 N–H and O–H groups in total. The second-order valence-corrected chi connectivity index (χ2v) is 5.16. The van der Waals surface area contributed by atoms with Gasteiger partial charge in [-0.25, -0.2) is 4.79 Å². The van der Waals surface area contributed by atoms with Crippen molar-refractivity contribution in [2.24, 2.45) is 11.5 Å². The first kappa shape index (κ1) is 30.0. The second kappa shape index (κ2) is 15.7. The van der Waals surface area contributed by atoms with Crippen molar-refractivity contribution >= 4 is 67.6 Å². The van der Waals surface area contributed by atoms with E-state index in [1.165, 1.54) is 50.2 Å². The molecule has 160 valence electrons. The number of benzene rings is 2. The minimum absolute atomic E-state index is 0. The summed E-state index contributed by atoms with van der Waals surface area (Å²) in [6.07, 6.45) is 0. The molecule has 0 aromatic heterocycles. The van der Waals surface area contributed by atoms with Gasteiger partial charge in [-0.05, 0) is 24.3 Å². The van der Waals surface area contributed by atoms with Gasteiger partial charge in [0.25, 0.3) is 0 Å². The molecule has 31 heavy (non-hydrogen) atoms. The van der Waals surface area contributed by atoms with E-state index in [4.69, 9.17) is 4.79 Å². The summed E-state index contributed by atoms with van der Waals surface area (Å²) in [5.74, 6) is -3.83. The van der Waals surface area contributed by atoms with Crippen LogP contribution in [0.3, 0.4) is 0 Å². The van der Waals surface area contributed by atoms with E-state index < -0.39 is 29.9 Å². The van der Waals surface area contributed by atoms with Crippen LogP contribution in [0.4, 0.5) is 4.79 Å². The molecule has 0 fully saturated rings. The summed E-state index contributed by atoms with van der Waals surface area (Å²) in [5.41, 5.74) is 8.25. The Hall–Kier alpha value is -3.15. The van der Waals surface area contributed by atoms with E-state index in [-0.39, 0.29) is 60.4 Å². The fraction of sp³-hybridized carbons (Fsp3) is 0.105. The third-order valence-electron chi connectivity index (χ3n) is 2.72. The summed E-state index contributed by atoms with van der Waals surface area (Å²) in [6.45, 7) is 2.40. The Morgan fingerprint density at radius 2 is 0.935 bits per heavy atom. The summed E-state index contributed by atoms with van der Waals surface area (Å²) in [4.78, 5) is 51.1. The summed E-state index contributed by atoms with van der Waals surface area (Å²) < 4.78 is 9.29. The number of urea groups is 1. The van der Waals surface area contributed by atoms with E-state index in [9.17, 15) is 29.4 Å². The standard InChI is InChI=1S/2C9H8O4.CH4N2O.Ca/c2*1-6(10)13-8-5-3-2-4-7(8)9(11)12;2-1(3)4;/h2*2-5H,1H3,(H,11,12);(H4,2,3,4);/q;;;+2/p-2. The van der Waals surface area contributed by atoms with Gasteiger partial charge in [0.1, 0.15) is 11.5 Å². The number of ether oxygens (including phenoxy) is 2. The number of aromatic carboxylic acids is 2. The van der Waals surface area contributed by atoms with Crippen LogP contribution in [-0.2, 0) is 9.59 Å². The van der Waals surface area contributed by atoms with Gasteiger partial charge in [-0.3, -0.25) is 9.59 Å². The molecule has 0 bridgehead atoms. The molecule has 0 unspecified atom stereocenters. The average molecular weight is 458 g/mol. The number of hydrogen-bond acceptors (Lipinski definition) is 9. The van der Waals surface area contributed by atoms with Gasteiger partial charge in [-0.1, -0.05) is 24.3 Å².